The van der Waals surface area contributed by atoms with E-state index in [0.717, 1.165) is 39.0 Å². The van der Waals surface area contributed by atoms with E-state index in [2.05, 4.69) is 15.6 Å². The second-order valence-electron chi connectivity index (χ2n) is 6.73. The molecule has 2 unspecified atom stereocenters. The quantitative estimate of drug-likeness (QED) is 0.153. The van der Waals surface area contributed by atoms with E-state index in [4.69, 9.17) is 37.4 Å². The SMILES string of the molecule is CCNC(=NCC(O)COc1cccc(Cl)c1Cl)NCCCOCC1CCCO1.I. The van der Waals surface area contributed by atoms with Gasteiger partial charge in [-0.3, -0.25) is 4.99 Å². The van der Waals surface area contributed by atoms with Crippen molar-refractivity contribution in [1.82, 2.24) is 10.6 Å². The lowest BCUT2D eigenvalue weighted by atomic mass is 10.2. The number of halogens is 3. The van der Waals surface area contributed by atoms with Gasteiger partial charge in [-0.25, -0.2) is 0 Å². The summed E-state index contributed by atoms with van der Waals surface area (Å²) in [6, 6.07) is 5.13. The summed E-state index contributed by atoms with van der Waals surface area (Å²) in [7, 11) is 0. The Hall–Kier alpha value is -0.520. The van der Waals surface area contributed by atoms with Crippen LogP contribution in [0.2, 0.25) is 10.0 Å². The molecule has 1 aliphatic heterocycles. The first-order valence-electron chi connectivity index (χ1n) is 10.1. The van der Waals surface area contributed by atoms with E-state index in [9.17, 15) is 5.11 Å². The number of aliphatic hydroxyl groups is 1. The predicted molar refractivity (Wildman–Crippen MR) is 132 cm³/mol. The Morgan fingerprint density at radius 3 is 2.93 bits per heavy atom. The number of hydrogen-bond acceptors (Lipinski definition) is 5. The van der Waals surface area contributed by atoms with Crippen molar-refractivity contribution in [1.29, 1.82) is 0 Å². The Morgan fingerprint density at radius 2 is 2.20 bits per heavy atom. The number of guanidine groups is 1. The molecule has 3 N–H and O–H groups in total. The zero-order valence-corrected chi connectivity index (χ0v) is 21.1. The third-order valence-corrected chi connectivity index (χ3v) is 5.04. The van der Waals surface area contributed by atoms with Crippen LogP contribution in [-0.2, 0) is 9.47 Å². The van der Waals surface area contributed by atoms with E-state index >= 15 is 0 Å². The van der Waals surface area contributed by atoms with Crippen molar-refractivity contribution < 1.29 is 19.3 Å². The average Bonchev–Trinajstić information content (AvgIpc) is 3.23. The molecular weight excluding hydrogens is 544 g/mol. The van der Waals surface area contributed by atoms with Crippen LogP contribution in [0.3, 0.4) is 0 Å². The van der Waals surface area contributed by atoms with Crippen LogP contribution in [0, 0.1) is 0 Å². The van der Waals surface area contributed by atoms with E-state index in [1.165, 1.54) is 0 Å². The van der Waals surface area contributed by atoms with Crippen molar-refractivity contribution in [2.75, 3.05) is 46.1 Å². The first-order chi connectivity index (χ1) is 14.1. The lowest BCUT2D eigenvalue weighted by molar-refractivity contribution is 0.0168. The molecule has 0 spiro atoms. The highest BCUT2D eigenvalue weighted by molar-refractivity contribution is 14.0. The summed E-state index contributed by atoms with van der Waals surface area (Å²) >= 11 is 12.0. The monoisotopic (exact) mass is 575 g/mol. The Labute approximate surface area is 205 Å². The van der Waals surface area contributed by atoms with Crippen LogP contribution < -0.4 is 15.4 Å². The molecule has 10 heteroatoms. The van der Waals surface area contributed by atoms with Crippen molar-refractivity contribution in [2.45, 2.75) is 38.4 Å². The highest BCUT2D eigenvalue weighted by atomic mass is 127. The summed E-state index contributed by atoms with van der Waals surface area (Å²) in [5.74, 6) is 1.08. The van der Waals surface area contributed by atoms with Gasteiger partial charge in [-0.2, -0.15) is 0 Å². The van der Waals surface area contributed by atoms with Crippen molar-refractivity contribution in [2.24, 2.45) is 4.99 Å². The van der Waals surface area contributed by atoms with E-state index in [1.807, 2.05) is 6.92 Å². The fourth-order valence-corrected chi connectivity index (χ4v) is 3.09. The maximum absolute atomic E-state index is 10.1. The molecule has 1 fully saturated rings. The minimum Gasteiger partial charge on any atom is -0.489 e. The summed E-state index contributed by atoms with van der Waals surface area (Å²) in [5, 5.41) is 17.3. The fourth-order valence-electron chi connectivity index (χ4n) is 2.74. The number of aliphatic imine (C=N–C) groups is 1. The van der Waals surface area contributed by atoms with Crippen LogP contribution in [0.1, 0.15) is 26.2 Å². The maximum Gasteiger partial charge on any atom is 0.191 e. The number of rotatable bonds is 12. The third kappa shape index (κ3) is 10.7. The lowest BCUT2D eigenvalue weighted by Crippen LogP contribution is -2.39. The molecule has 172 valence electrons. The Morgan fingerprint density at radius 1 is 1.37 bits per heavy atom. The Kier molecular flexibility index (Phi) is 14.8. The van der Waals surface area contributed by atoms with Crippen LogP contribution in [-0.4, -0.2) is 69.3 Å². The molecule has 30 heavy (non-hydrogen) atoms. The molecule has 0 bridgehead atoms. The second kappa shape index (κ2) is 16.2. The van der Waals surface area contributed by atoms with Gasteiger partial charge >= 0.3 is 0 Å². The van der Waals surface area contributed by atoms with Crippen molar-refractivity contribution >= 4 is 53.1 Å². The summed E-state index contributed by atoms with van der Waals surface area (Å²) < 4.78 is 16.7. The molecule has 1 aliphatic rings. The smallest absolute Gasteiger partial charge is 0.191 e. The molecule has 2 atom stereocenters. The van der Waals surface area contributed by atoms with E-state index in [1.54, 1.807) is 18.2 Å². The van der Waals surface area contributed by atoms with E-state index in [-0.39, 0.29) is 43.2 Å². The molecule has 0 saturated carbocycles. The number of benzene rings is 1. The van der Waals surface area contributed by atoms with Gasteiger partial charge in [-0.05, 0) is 38.3 Å². The number of aliphatic hydroxyl groups excluding tert-OH is 1. The number of nitrogens with zero attached hydrogens (tertiary/aromatic N) is 1. The van der Waals surface area contributed by atoms with Gasteiger partial charge in [-0.15, -0.1) is 24.0 Å². The normalized spacial score (nSPS) is 17.3. The molecule has 0 aromatic heterocycles. The third-order valence-electron chi connectivity index (χ3n) is 4.24. The Balaban J connectivity index is 0.00000450. The molecule has 0 radical (unpaired) electrons. The number of nitrogens with one attached hydrogen (secondary N) is 2. The first kappa shape index (κ1) is 27.5. The van der Waals surface area contributed by atoms with E-state index < -0.39 is 6.10 Å². The summed E-state index contributed by atoms with van der Waals surface area (Å²) in [5.41, 5.74) is 0. The van der Waals surface area contributed by atoms with Crippen LogP contribution in [0.15, 0.2) is 23.2 Å². The molecule has 2 rings (SSSR count). The van der Waals surface area contributed by atoms with Crippen molar-refractivity contribution in [3.8, 4) is 5.75 Å². The minimum atomic E-state index is -0.768. The fraction of sp³-hybridized carbons (Fsp3) is 0.650. The van der Waals surface area contributed by atoms with Gasteiger partial charge in [0.05, 0.1) is 24.3 Å². The summed E-state index contributed by atoms with van der Waals surface area (Å²) in [6.07, 6.45) is 2.56. The van der Waals surface area contributed by atoms with Gasteiger partial charge in [0, 0.05) is 26.3 Å². The molecule has 1 aromatic rings. The zero-order chi connectivity index (χ0) is 20.9. The van der Waals surface area contributed by atoms with Crippen molar-refractivity contribution in [3.63, 3.8) is 0 Å². The van der Waals surface area contributed by atoms with Gasteiger partial charge in [-0.1, -0.05) is 29.3 Å². The lowest BCUT2D eigenvalue weighted by Gasteiger charge is -2.15. The van der Waals surface area contributed by atoms with Gasteiger partial charge in [0.1, 0.15) is 23.5 Å². The molecule has 0 aliphatic carbocycles. The Bertz CT molecular complexity index is 634. The highest BCUT2D eigenvalue weighted by Crippen LogP contribution is 2.31. The summed E-state index contributed by atoms with van der Waals surface area (Å²) in [4.78, 5) is 4.39. The van der Waals surface area contributed by atoms with Gasteiger partial charge in [0.25, 0.3) is 0 Å². The standard InChI is InChI=1S/C20H31Cl2N3O4.HI/c1-2-23-20(24-9-5-10-27-14-16-6-4-11-28-16)25-12-15(26)13-29-18-8-3-7-17(21)19(18)22;/h3,7-8,15-16,26H,2,4-6,9-14H2,1H3,(H2,23,24,25);1H. The maximum atomic E-state index is 10.1. The average molecular weight is 576 g/mol. The molecule has 1 heterocycles. The van der Waals surface area contributed by atoms with Crippen LogP contribution >= 0.6 is 47.2 Å². The van der Waals surface area contributed by atoms with Gasteiger partial charge in [0.2, 0.25) is 0 Å². The largest absolute Gasteiger partial charge is 0.489 e. The van der Waals surface area contributed by atoms with Crippen LogP contribution in [0.25, 0.3) is 0 Å². The van der Waals surface area contributed by atoms with Crippen molar-refractivity contribution in [3.05, 3.63) is 28.2 Å². The van der Waals surface area contributed by atoms with Crippen LogP contribution in [0.4, 0.5) is 0 Å². The molecular formula is C20H32Cl2IN3O4. The minimum absolute atomic E-state index is 0. The zero-order valence-electron chi connectivity index (χ0n) is 17.2. The number of ether oxygens (including phenoxy) is 3. The van der Waals surface area contributed by atoms with Crippen LogP contribution in [0.5, 0.6) is 5.75 Å². The topological polar surface area (TPSA) is 84.3 Å². The second-order valence-corrected chi connectivity index (χ2v) is 7.51. The molecule has 0 amide bonds. The number of hydrogen-bond donors (Lipinski definition) is 3. The molecule has 1 saturated heterocycles. The highest BCUT2D eigenvalue weighted by Gasteiger charge is 2.15. The molecule has 7 nitrogen and oxygen atoms in total. The van der Waals surface area contributed by atoms with E-state index in [0.29, 0.717) is 35.0 Å². The van der Waals surface area contributed by atoms with Gasteiger partial charge < -0.3 is 30.0 Å². The predicted octanol–water partition coefficient (Wildman–Crippen LogP) is 3.49. The summed E-state index contributed by atoms with van der Waals surface area (Å²) in [6.45, 7) is 5.89. The van der Waals surface area contributed by atoms with Gasteiger partial charge in [0.15, 0.2) is 5.96 Å². The molecule has 1 aromatic carbocycles. The first-order valence-corrected chi connectivity index (χ1v) is 10.8.